The third-order valence-electron chi connectivity index (χ3n) is 5.40. The van der Waals surface area contributed by atoms with Crippen molar-refractivity contribution in [2.75, 3.05) is 5.32 Å². The topological polar surface area (TPSA) is 49.4 Å². The minimum atomic E-state index is -0.304. The van der Waals surface area contributed by atoms with Crippen molar-refractivity contribution >= 4 is 29.3 Å². The zero-order chi connectivity index (χ0) is 22.7. The summed E-state index contributed by atoms with van der Waals surface area (Å²) in [6.07, 6.45) is 0. The lowest BCUT2D eigenvalue weighted by Gasteiger charge is -2.15. The first kappa shape index (κ1) is 21.9. The molecule has 2 amide bonds. The van der Waals surface area contributed by atoms with Gasteiger partial charge in [0.05, 0.1) is 6.54 Å². The number of hydrogen-bond donors (Lipinski definition) is 1. The van der Waals surface area contributed by atoms with Crippen LogP contribution in [0.5, 0.6) is 0 Å². The molecule has 1 aliphatic heterocycles. The van der Waals surface area contributed by atoms with E-state index in [1.165, 1.54) is 22.2 Å². The average Bonchev–Trinajstić information content (AvgIpc) is 3.00. The van der Waals surface area contributed by atoms with Crippen molar-refractivity contribution in [1.29, 1.82) is 0 Å². The van der Waals surface area contributed by atoms with Crippen molar-refractivity contribution in [2.24, 2.45) is 0 Å². The first-order chi connectivity index (χ1) is 15.4. The van der Waals surface area contributed by atoms with E-state index in [4.69, 9.17) is 0 Å². The zero-order valence-corrected chi connectivity index (χ0v) is 19.3. The maximum absolute atomic E-state index is 13.3. The SMILES string of the molecule is Cc1ccc(SC2=C(Nc3ccc(C(C)C)cc3)C(=O)N(Cc3ccccc3)C2=O)cc1. The molecule has 4 rings (SSSR count). The molecule has 0 aromatic heterocycles. The van der Waals surface area contributed by atoms with E-state index < -0.39 is 0 Å². The van der Waals surface area contributed by atoms with E-state index in [-0.39, 0.29) is 18.4 Å². The smallest absolute Gasteiger partial charge is 0.278 e. The van der Waals surface area contributed by atoms with Crippen molar-refractivity contribution in [3.05, 3.63) is 106 Å². The van der Waals surface area contributed by atoms with E-state index in [1.54, 1.807) is 0 Å². The van der Waals surface area contributed by atoms with Crippen LogP contribution in [-0.2, 0) is 16.1 Å². The molecule has 0 saturated heterocycles. The van der Waals surface area contributed by atoms with Gasteiger partial charge in [-0.05, 0) is 48.2 Å². The van der Waals surface area contributed by atoms with Crippen molar-refractivity contribution in [3.63, 3.8) is 0 Å². The summed E-state index contributed by atoms with van der Waals surface area (Å²) in [6, 6.07) is 25.5. The number of carbonyl (C=O) groups excluding carboxylic acids is 2. The fraction of sp³-hybridized carbons (Fsp3) is 0.185. The Morgan fingerprint density at radius 1 is 0.844 bits per heavy atom. The van der Waals surface area contributed by atoms with Crippen LogP contribution in [0.4, 0.5) is 5.69 Å². The second kappa shape index (κ2) is 9.45. The molecule has 4 nitrogen and oxygen atoms in total. The maximum atomic E-state index is 13.3. The number of benzene rings is 3. The Morgan fingerprint density at radius 3 is 2.12 bits per heavy atom. The van der Waals surface area contributed by atoms with Gasteiger partial charge in [0.15, 0.2) is 0 Å². The van der Waals surface area contributed by atoms with Crippen LogP contribution in [0.3, 0.4) is 0 Å². The number of anilines is 1. The summed E-state index contributed by atoms with van der Waals surface area (Å²) in [5.74, 6) is -0.154. The number of thioether (sulfide) groups is 1. The second-order valence-corrected chi connectivity index (χ2v) is 9.29. The van der Waals surface area contributed by atoms with Crippen LogP contribution in [0.1, 0.15) is 36.5 Å². The Bertz CT molecular complexity index is 1150. The average molecular weight is 443 g/mol. The first-order valence-electron chi connectivity index (χ1n) is 10.7. The first-order valence-corrected chi connectivity index (χ1v) is 11.5. The molecule has 0 bridgehead atoms. The molecule has 0 radical (unpaired) electrons. The number of rotatable bonds is 7. The Kier molecular flexibility index (Phi) is 6.47. The molecule has 1 N–H and O–H groups in total. The molecule has 0 spiro atoms. The number of amides is 2. The zero-order valence-electron chi connectivity index (χ0n) is 18.5. The third kappa shape index (κ3) is 4.78. The Balaban J connectivity index is 1.65. The second-order valence-electron chi connectivity index (χ2n) is 8.20. The van der Waals surface area contributed by atoms with Gasteiger partial charge in [0.1, 0.15) is 10.6 Å². The van der Waals surface area contributed by atoms with Gasteiger partial charge in [-0.1, -0.05) is 85.8 Å². The van der Waals surface area contributed by atoms with Crippen LogP contribution in [0, 0.1) is 6.92 Å². The van der Waals surface area contributed by atoms with Gasteiger partial charge in [0, 0.05) is 10.6 Å². The molecular weight excluding hydrogens is 416 g/mol. The standard InChI is InChI=1S/C27H26N2O2S/c1-18(2)21-11-13-22(14-12-21)28-24-25(32-23-15-9-19(3)10-16-23)27(31)29(26(24)30)17-20-7-5-4-6-8-20/h4-16,18,28H,17H2,1-3H3. The van der Waals surface area contributed by atoms with Gasteiger partial charge in [-0.15, -0.1) is 0 Å². The monoisotopic (exact) mass is 442 g/mol. The largest absolute Gasteiger partial charge is 0.350 e. The van der Waals surface area contributed by atoms with Crippen LogP contribution < -0.4 is 5.32 Å². The predicted molar refractivity (Wildman–Crippen MR) is 130 cm³/mol. The summed E-state index contributed by atoms with van der Waals surface area (Å²) in [6.45, 7) is 6.55. The quantitative estimate of drug-likeness (QED) is 0.449. The molecule has 0 atom stereocenters. The van der Waals surface area contributed by atoms with Crippen LogP contribution >= 0.6 is 11.8 Å². The minimum Gasteiger partial charge on any atom is -0.350 e. The highest BCUT2D eigenvalue weighted by Crippen LogP contribution is 2.36. The molecule has 32 heavy (non-hydrogen) atoms. The summed E-state index contributed by atoms with van der Waals surface area (Å²) in [4.78, 5) is 29.3. The summed E-state index contributed by atoms with van der Waals surface area (Å²) < 4.78 is 0. The molecule has 0 saturated carbocycles. The molecule has 3 aromatic rings. The number of nitrogens with zero attached hydrogens (tertiary/aromatic N) is 1. The van der Waals surface area contributed by atoms with Gasteiger partial charge < -0.3 is 5.32 Å². The Hall–Kier alpha value is -3.31. The molecule has 5 heteroatoms. The number of aryl methyl sites for hydroxylation is 1. The molecule has 0 aliphatic carbocycles. The highest BCUT2D eigenvalue weighted by molar-refractivity contribution is 8.04. The molecule has 1 aliphatic rings. The highest BCUT2D eigenvalue weighted by atomic mass is 32.2. The fourth-order valence-electron chi connectivity index (χ4n) is 3.49. The fourth-order valence-corrected chi connectivity index (χ4v) is 4.43. The van der Waals surface area contributed by atoms with Gasteiger partial charge in [-0.3, -0.25) is 14.5 Å². The molecule has 162 valence electrons. The van der Waals surface area contributed by atoms with Crippen molar-refractivity contribution in [2.45, 2.75) is 38.1 Å². The summed E-state index contributed by atoms with van der Waals surface area (Å²) >= 11 is 1.33. The van der Waals surface area contributed by atoms with Crippen LogP contribution in [0.25, 0.3) is 0 Å². The van der Waals surface area contributed by atoms with Crippen molar-refractivity contribution in [1.82, 2.24) is 4.90 Å². The number of imide groups is 1. The van der Waals surface area contributed by atoms with E-state index in [1.807, 2.05) is 85.8 Å². The van der Waals surface area contributed by atoms with E-state index in [9.17, 15) is 9.59 Å². The van der Waals surface area contributed by atoms with E-state index in [0.29, 0.717) is 16.5 Å². The van der Waals surface area contributed by atoms with Gasteiger partial charge in [0.25, 0.3) is 11.8 Å². The van der Waals surface area contributed by atoms with Crippen molar-refractivity contribution in [3.8, 4) is 0 Å². The molecule has 0 unspecified atom stereocenters. The van der Waals surface area contributed by atoms with E-state index in [2.05, 4.69) is 19.2 Å². The molecular formula is C27H26N2O2S. The van der Waals surface area contributed by atoms with Gasteiger partial charge in [0.2, 0.25) is 0 Å². The summed E-state index contributed by atoms with van der Waals surface area (Å²) in [7, 11) is 0. The van der Waals surface area contributed by atoms with Crippen LogP contribution in [-0.4, -0.2) is 16.7 Å². The number of carbonyl (C=O) groups is 2. The summed E-state index contributed by atoms with van der Waals surface area (Å²) in [5, 5.41) is 3.23. The minimum absolute atomic E-state index is 0.244. The van der Waals surface area contributed by atoms with Crippen molar-refractivity contribution < 1.29 is 9.59 Å². The predicted octanol–water partition coefficient (Wildman–Crippen LogP) is 6.10. The summed E-state index contributed by atoms with van der Waals surface area (Å²) in [5.41, 5.74) is 4.39. The molecule has 3 aromatic carbocycles. The van der Waals surface area contributed by atoms with Crippen LogP contribution in [0.2, 0.25) is 0 Å². The lowest BCUT2D eigenvalue weighted by molar-refractivity contribution is -0.137. The van der Waals surface area contributed by atoms with Gasteiger partial charge in [-0.25, -0.2) is 0 Å². The highest BCUT2D eigenvalue weighted by Gasteiger charge is 2.39. The maximum Gasteiger partial charge on any atom is 0.278 e. The van der Waals surface area contributed by atoms with E-state index in [0.717, 1.165) is 21.7 Å². The molecule has 1 heterocycles. The number of hydrogen-bond acceptors (Lipinski definition) is 4. The third-order valence-corrected chi connectivity index (χ3v) is 6.49. The lowest BCUT2D eigenvalue weighted by atomic mass is 10.0. The van der Waals surface area contributed by atoms with Crippen LogP contribution in [0.15, 0.2) is 94.4 Å². The normalized spacial score (nSPS) is 13.9. The van der Waals surface area contributed by atoms with Gasteiger partial charge >= 0.3 is 0 Å². The lowest BCUT2D eigenvalue weighted by Crippen LogP contribution is -2.31. The van der Waals surface area contributed by atoms with E-state index >= 15 is 0 Å². The Labute approximate surface area is 193 Å². The molecule has 0 fully saturated rings. The Morgan fingerprint density at radius 2 is 1.50 bits per heavy atom. The van der Waals surface area contributed by atoms with Gasteiger partial charge in [-0.2, -0.15) is 0 Å². The number of nitrogens with one attached hydrogen (secondary N) is 1.